The summed E-state index contributed by atoms with van der Waals surface area (Å²) in [7, 11) is 0. The van der Waals surface area contributed by atoms with Crippen LogP contribution in [0.4, 0.5) is 10.2 Å². The van der Waals surface area contributed by atoms with E-state index in [2.05, 4.69) is 25.3 Å². The number of aryl methyl sites for hydroxylation is 2. The fraction of sp³-hybridized carbons (Fsp3) is 0.364. The Morgan fingerprint density at radius 3 is 2.77 bits per heavy atom. The van der Waals surface area contributed by atoms with Gasteiger partial charge in [0.25, 0.3) is 5.89 Å². The highest BCUT2D eigenvalue weighted by Gasteiger charge is 2.27. The summed E-state index contributed by atoms with van der Waals surface area (Å²) < 4.78 is 19.0. The molecule has 2 aromatic heterocycles. The molecule has 3 heterocycles. The van der Waals surface area contributed by atoms with Gasteiger partial charge < -0.3 is 14.7 Å². The number of carbonyl (C=O) groups excluding carboxylic acids is 1. The number of rotatable bonds is 5. The highest BCUT2D eigenvalue weighted by molar-refractivity contribution is 5.79. The van der Waals surface area contributed by atoms with Gasteiger partial charge in [-0.1, -0.05) is 17.3 Å². The maximum atomic E-state index is 13.7. The molecule has 1 aliphatic heterocycles. The molecule has 1 aliphatic rings. The van der Waals surface area contributed by atoms with Crippen molar-refractivity contribution >= 4 is 11.7 Å². The molecule has 0 spiro atoms. The summed E-state index contributed by atoms with van der Waals surface area (Å²) in [6, 6.07) is 8.79. The van der Waals surface area contributed by atoms with Gasteiger partial charge in [-0.2, -0.15) is 4.98 Å². The highest BCUT2D eigenvalue weighted by atomic mass is 19.1. The molecule has 0 aliphatic carbocycles. The van der Waals surface area contributed by atoms with Crippen molar-refractivity contribution < 1.29 is 13.7 Å². The monoisotopic (exact) mass is 409 g/mol. The molecular weight excluding hydrogens is 385 g/mol. The van der Waals surface area contributed by atoms with Crippen LogP contribution >= 0.6 is 0 Å². The third-order valence-electron chi connectivity index (χ3n) is 5.41. The summed E-state index contributed by atoms with van der Waals surface area (Å²) in [5.74, 6) is 1.48. The smallest absolute Gasteiger partial charge is 0.261 e. The van der Waals surface area contributed by atoms with Crippen LogP contribution in [-0.2, 0) is 11.3 Å². The predicted octanol–water partition coefficient (Wildman–Crippen LogP) is 3.42. The number of nitrogens with zero attached hydrogens (tertiary/aromatic N) is 4. The lowest BCUT2D eigenvalue weighted by atomic mass is 9.95. The van der Waals surface area contributed by atoms with Crippen LogP contribution in [0.5, 0.6) is 0 Å². The molecule has 0 unspecified atom stereocenters. The Morgan fingerprint density at radius 2 is 2.07 bits per heavy atom. The molecule has 0 bridgehead atoms. The van der Waals surface area contributed by atoms with Crippen LogP contribution in [0.1, 0.15) is 29.8 Å². The van der Waals surface area contributed by atoms with Crippen molar-refractivity contribution in [2.45, 2.75) is 33.2 Å². The van der Waals surface area contributed by atoms with Gasteiger partial charge in [-0.3, -0.25) is 4.79 Å². The first-order valence-electron chi connectivity index (χ1n) is 10.0. The summed E-state index contributed by atoms with van der Waals surface area (Å²) in [6.07, 6.45) is 3.17. The first kappa shape index (κ1) is 20.0. The molecule has 7 nitrogen and oxygen atoms in total. The van der Waals surface area contributed by atoms with E-state index >= 15 is 0 Å². The molecule has 1 aromatic carbocycles. The molecule has 156 valence electrons. The first-order valence-corrected chi connectivity index (χ1v) is 10.0. The third-order valence-corrected chi connectivity index (χ3v) is 5.41. The number of halogens is 1. The number of benzene rings is 1. The van der Waals surface area contributed by atoms with Crippen molar-refractivity contribution in [3.05, 3.63) is 59.3 Å². The fourth-order valence-corrected chi connectivity index (χ4v) is 3.66. The van der Waals surface area contributed by atoms with Gasteiger partial charge in [0.2, 0.25) is 5.91 Å². The van der Waals surface area contributed by atoms with Gasteiger partial charge in [0.05, 0.1) is 5.56 Å². The van der Waals surface area contributed by atoms with Gasteiger partial charge in [0, 0.05) is 31.7 Å². The number of piperidine rings is 1. The quantitative estimate of drug-likeness (QED) is 0.695. The molecule has 4 rings (SSSR count). The van der Waals surface area contributed by atoms with E-state index in [-0.39, 0.29) is 17.6 Å². The standard InChI is InChI=1S/C22H24FN5O2/c1-14-5-6-16(12-19(14)23)13-25-21(29)17-7-10-28(11-8-17)20-18(4-3-9-24-20)22-26-15(2)27-30-22/h3-6,9,12,17H,7-8,10-11,13H2,1-2H3,(H,25,29). The summed E-state index contributed by atoms with van der Waals surface area (Å²) in [6.45, 7) is 5.23. The largest absolute Gasteiger partial charge is 0.356 e. The van der Waals surface area contributed by atoms with Crippen LogP contribution < -0.4 is 10.2 Å². The van der Waals surface area contributed by atoms with E-state index in [9.17, 15) is 9.18 Å². The summed E-state index contributed by atoms with van der Waals surface area (Å²) in [5, 5.41) is 6.80. The van der Waals surface area contributed by atoms with Gasteiger partial charge >= 0.3 is 0 Å². The molecule has 0 radical (unpaired) electrons. The van der Waals surface area contributed by atoms with Crippen LogP contribution in [0.25, 0.3) is 11.5 Å². The Morgan fingerprint density at radius 1 is 1.27 bits per heavy atom. The second kappa shape index (κ2) is 8.61. The second-order valence-electron chi connectivity index (χ2n) is 7.58. The molecule has 30 heavy (non-hydrogen) atoms. The molecule has 0 saturated carbocycles. The van der Waals surface area contributed by atoms with E-state index in [4.69, 9.17) is 4.52 Å². The minimum absolute atomic E-state index is 0.00408. The minimum Gasteiger partial charge on any atom is -0.356 e. The Hall–Kier alpha value is -3.29. The minimum atomic E-state index is -0.252. The number of amides is 1. The number of pyridine rings is 1. The van der Waals surface area contributed by atoms with Gasteiger partial charge in [-0.25, -0.2) is 9.37 Å². The van der Waals surface area contributed by atoms with Gasteiger partial charge in [0.1, 0.15) is 11.6 Å². The molecule has 1 N–H and O–H groups in total. The van der Waals surface area contributed by atoms with Crippen molar-refractivity contribution in [3.8, 4) is 11.5 Å². The lowest BCUT2D eigenvalue weighted by Gasteiger charge is -2.32. The summed E-state index contributed by atoms with van der Waals surface area (Å²) in [5.41, 5.74) is 2.15. The van der Waals surface area contributed by atoms with Gasteiger partial charge in [-0.05, 0) is 56.0 Å². The molecule has 8 heteroatoms. The van der Waals surface area contributed by atoms with Crippen molar-refractivity contribution in [2.24, 2.45) is 5.92 Å². The van der Waals surface area contributed by atoms with Crippen molar-refractivity contribution in [1.82, 2.24) is 20.4 Å². The van der Waals surface area contributed by atoms with E-state index in [1.54, 1.807) is 26.1 Å². The Balaban J connectivity index is 1.36. The molecule has 1 saturated heterocycles. The normalized spacial score (nSPS) is 14.7. The number of carbonyl (C=O) groups is 1. The molecule has 3 aromatic rings. The summed E-state index contributed by atoms with van der Waals surface area (Å²) >= 11 is 0. The average molecular weight is 409 g/mol. The number of nitrogens with one attached hydrogen (secondary N) is 1. The lowest BCUT2D eigenvalue weighted by molar-refractivity contribution is -0.125. The topological polar surface area (TPSA) is 84.2 Å². The van der Waals surface area contributed by atoms with Crippen LogP contribution in [0.15, 0.2) is 41.1 Å². The van der Waals surface area contributed by atoms with Crippen LogP contribution in [0.2, 0.25) is 0 Å². The fourth-order valence-electron chi connectivity index (χ4n) is 3.66. The molecule has 0 atom stereocenters. The zero-order valence-electron chi connectivity index (χ0n) is 17.1. The molecule has 1 amide bonds. The number of hydrogen-bond acceptors (Lipinski definition) is 6. The zero-order chi connectivity index (χ0) is 21.1. The maximum Gasteiger partial charge on any atom is 0.261 e. The van der Waals surface area contributed by atoms with Crippen LogP contribution in [0, 0.1) is 25.6 Å². The summed E-state index contributed by atoms with van der Waals surface area (Å²) in [4.78, 5) is 23.6. The Bertz CT molecular complexity index is 1040. The van der Waals surface area contributed by atoms with E-state index < -0.39 is 0 Å². The lowest BCUT2D eigenvalue weighted by Crippen LogP contribution is -2.40. The van der Waals surface area contributed by atoms with Crippen molar-refractivity contribution in [1.29, 1.82) is 0 Å². The number of anilines is 1. The second-order valence-corrected chi connectivity index (χ2v) is 7.58. The number of aromatic nitrogens is 3. The third kappa shape index (κ3) is 4.32. The van der Waals surface area contributed by atoms with Crippen LogP contribution in [0.3, 0.4) is 0 Å². The first-order chi connectivity index (χ1) is 14.5. The Labute approximate surface area is 174 Å². The van der Waals surface area contributed by atoms with E-state index in [0.717, 1.165) is 16.9 Å². The van der Waals surface area contributed by atoms with E-state index in [1.165, 1.54) is 6.07 Å². The average Bonchev–Trinajstić information content (AvgIpc) is 3.20. The van der Waals surface area contributed by atoms with Gasteiger partial charge in [0.15, 0.2) is 5.82 Å². The maximum absolute atomic E-state index is 13.7. The highest BCUT2D eigenvalue weighted by Crippen LogP contribution is 2.30. The molecular formula is C22H24FN5O2. The SMILES string of the molecule is Cc1noc(-c2cccnc2N2CCC(C(=O)NCc3ccc(C)c(F)c3)CC2)n1. The zero-order valence-corrected chi connectivity index (χ0v) is 17.1. The van der Waals surface area contributed by atoms with E-state index in [1.807, 2.05) is 18.2 Å². The van der Waals surface area contributed by atoms with Crippen molar-refractivity contribution in [3.63, 3.8) is 0 Å². The molecule has 1 fully saturated rings. The van der Waals surface area contributed by atoms with Crippen molar-refractivity contribution in [2.75, 3.05) is 18.0 Å². The van der Waals surface area contributed by atoms with Crippen LogP contribution in [-0.4, -0.2) is 34.1 Å². The number of hydrogen-bond donors (Lipinski definition) is 1. The predicted molar refractivity (Wildman–Crippen MR) is 110 cm³/mol. The Kier molecular flexibility index (Phi) is 5.74. The van der Waals surface area contributed by atoms with E-state index in [0.29, 0.717) is 49.8 Å². The van der Waals surface area contributed by atoms with Gasteiger partial charge in [-0.15, -0.1) is 0 Å².